The fourth-order valence-electron chi connectivity index (χ4n) is 3.62. The second-order valence-electron chi connectivity index (χ2n) is 8.76. The molecule has 0 radical (unpaired) electrons. The maximum absolute atomic E-state index is 11.2. The Hall–Kier alpha value is -4.62. The maximum Gasteiger partial charge on any atom is 0.328 e. The second kappa shape index (κ2) is 17.2. The summed E-state index contributed by atoms with van der Waals surface area (Å²) >= 11 is 0. The number of phenols is 2. The average molecular weight is 604 g/mol. The number of phenolic OH excluding ortho intramolecular Hbond substituents is 2. The Balaban J connectivity index is 0.000000280. The standard InChI is InChI=1S/2C16H15NO3.Zn/c2*18-15-9-5-4-8-13(15)11-17-14(16(19)20)10-12-6-2-1-3-7-12;/h2*1-9,11,14,18H,10H2,(H,19,20);. The molecule has 8 nitrogen and oxygen atoms in total. The van der Waals surface area contributed by atoms with Crippen LogP contribution in [0.3, 0.4) is 0 Å². The van der Waals surface area contributed by atoms with Crippen molar-refractivity contribution in [2.24, 2.45) is 9.98 Å². The van der Waals surface area contributed by atoms with Crippen LogP contribution in [0.2, 0.25) is 0 Å². The van der Waals surface area contributed by atoms with Crippen molar-refractivity contribution in [3.8, 4) is 11.5 Å². The third-order valence-electron chi connectivity index (χ3n) is 5.77. The van der Waals surface area contributed by atoms with Crippen molar-refractivity contribution >= 4 is 24.4 Å². The van der Waals surface area contributed by atoms with E-state index in [0.717, 1.165) is 11.1 Å². The summed E-state index contributed by atoms with van der Waals surface area (Å²) in [5, 5.41) is 37.6. The van der Waals surface area contributed by atoms with Crippen LogP contribution in [0.15, 0.2) is 119 Å². The summed E-state index contributed by atoms with van der Waals surface area (Å²) in [7, 11) is 0. The molecule has 0 heterocycles. The number of nitrogens with zero attached hydrogens (tertiary/aromatic N) is 2. The number of aliphatic imine (C=N–C) groups is 2. The first kappa shape index (κ1) is 32.6. The smallest absolute Gasteiger partial charge is 0.328 e. The molecule has 0 bridgehead atoms. The SMILES string of the molecule is O=C(O)C(Cc1ccccc1)N=Cc1ccccc1O.O=C(O)C(Cc1ccccc1)N=Cc1ccccc1O.[Zn]. The van der Waals surface area contributed by atoms with Gasteiger partial charge >= 0.3 is 11.9 Å². The first-order valence-electron chi connectivity index (χ1n) is 12.5. The molecule has 4 aromatic carbocycles. The minimum atomic E-state index is -0.986. The van der Waals surface area contributed by atoms with Gasteiger partial charge in [-0.15, -0.1) is 0 Å². The van der Waals surface area contributed by atoms with Gasteiger partial charge in [0.25, 0.3) is 0 Å². The molecule has 0 aliphatic rings. The van der Waals surface area contributed by atoms with Gasteiger partial charge in [0.05, 0.1) is 0 Å². The summed E-state index contributed by atoms with van der Waals surface area (Å²) < 4.78 is 0. The van der Waals surface area contributed by atoms with Crippen LogP contribution in [-0.4, -0.2) is 56.9 Å². The molecule has 2 unspecified atom stereocenters. The van der Waals surface area contributed by atoms with E-state index >= 15 is 0 Å². The number of carbonyl (C=O) groups is 2. The van der Waals surface area contributed by atoms with Crippen molar-refractivity contribution in [1.82, 2.24) is 0 Å². The summed E-state index contributed by atoms with van der Waals surface area (Å²) in [6.07, 6.45) is 3.44. The van der Waals surface area contributed by atoms with E-state index in [-0.39, 0.29) is 31.0 Å². The predicted molar refractivity (Wildman–Crippen MR) is 155 cm³/mol. The van der Waals surface area contributed by atoms with Crippen LogP contribution in [0.5, 0.6) is 11.5 Å². The van der Waals surface area contributed by atoms with E-state index < -0.39 is 24.0 Å². The number of hydrogen-bond acceptors (Lipinski definition) is 6. The number of aliphatic carboxylic acids is 2. The van der Waals surface area contributed by atoms with Gasteiger partial charge < -0.3 is 20.4 Å². The van der Waals surface area contributed by atoms with E-state index in [2.05, 4.69) is 9.98 Å². The number of rotatable bonds is 10. The van der Waals surface area contributed by atoms with Crippen molar-refractivity contribution in [3.05, 3.63) is 131 Å². The van der Waals surface area contributed by atoms with Crippen LogP contribution in [0.4, 0.5) is 0 Å². The second-order valence-corrected chi connectivity index (χ2v) is 8.76. The molecule has 0 aliphatic carbocycles. The van der Waals surface area contributed by atoms with E-state index in [0.29, 0.717) is 24.0 Å². The Morgan fingerprint density at radius 2 is 0.878 bits per heavy atom. The van der Waals surface area contributed by atoms with Crippen molar-refractivity contribution in [1.29, 1.82) is 0 Å². The van der Waals surface area contributed by atoms with Crippen LogP contribution in [0.1, 0.15) is 22.3 Å². The Morgan fingerprint density at radius 3 is 1.20 bits per heavy atom. The molecular formula is C32H30N2O6Zn. The molecule has 0 amide bonds. The van der Waals surface area contributed by atoms with Crippen molar-refractivity contribution < 1.29 is 49.5 Å². The summed E-state index contributed by atoms with van der Waals surface area (Å²) in [6, 6.07) is 30.3. The molecule has 0 saturated carbocycles. The molecule has 4 N–H and O–H groups in total. The monoisotopic (exact) mass is 602 g/mol. The van der Waals surface area contributed by atoms with Crippen LogP contribution in [-0.2, 0) is 41.9 Å². The van der Waals surface area contributed by atoms with Gasteiger partial charge in [-0.2, -0.15) is 0 Å². The average Bonchev–Trinajstić information content (AvgIpc) is 2.96. The molecular weight excluding hydrogens is 574 g/mol. The number of hydrogen-bond donors (Lipinski definition) is 4. The third kappa shape index (κ3) is 11.2. The molecule has 0 aliphatic heterocycles. The van der Waals surface area contributed by atoms with E-state index in [9.17, 15) is 30.0 Å². The van der Waals surface area contributed by atoms with Crippen LogP contribution in [0, 0.1) is 0 Å². The number of carboxylic acids is 2. The summed E-state index contributed by atoms with van der Waals surface area (Å²) in [5.74, 6) is -1.80. The van der Waals surface area contributed by atoms with Crippen molar-refractivity contribution in [2.75, 3.05) is 0 Å². The molecule has 0 spiro atoms. The number of aromatic hydroxyl groups is 2. The van der Waals surface area contributed by atoms with Gasteiger partial charge in [-0.1, -0.05) is 84.9 Å². The summed E-state index contributed by atoms with van der Waals surface area (Å²) in [4.78, 5) is 30.6. The fraction of sp³-hybridized carbons (Fsp3) is 0.125. The van der Waals surface area contributed by atoms with Crippen LogP contribution in [0.25, 0.3) is 0 Å². The quantitative estimate of drug-likeness (QED) is 0.148. The Labute approximate surface area is 251 Å². The summed E-state index contributed by atoms with van der Waals surface area (Å²) in [6.45, 7) is 0. The van der Waals surface area contributed by atoms with Gasteiger partial charge in [0.2, 0.25) is 0 Å². The maximum atomic E-state index is 11.2. The predicted octanol–water partition coefficient (Wildman–Crippen LogP) is 5.01. The van der Waals surface area contributed by atoms with E-state index in [4.69, 9.17) is 0 Å². The van der Waals surface area contributed by atoms with Crippen LogP contribution < -0.4 is 0 Å². The van der Waals surface area contributed by atoms with Crippen LogP contribution >= 0.6 is 0 Å². The fourth-order valence-corrected chi connectivity index (χ4v) is 3.62. The largest absolute Gasteiger partial charge is 0.507 e. The van der Waals surface area contributed by atoms with Gasteiger partial charge in [-0.25, -0.2) is 9.59 Å². The first-order valence-corrected chi connectivity index (χ1v) is 12.5. The Morgan fingerprint density at radius 1 is 0.561 bits per heavy atom. The molecule has 4 aromatic rings. The zero-order valence-corrected chi connectivity index (χ0v) is 25.3. The van der Waals surface area contributed by atoms with Crippen molar-refractivity contribution in [2.45, 2.75) is 24.9 Å². The molecule has 4 rings (SSSR count). The molecule has 0 saturated heterocycles. The van der Waals surface area contributed by atoms with E-state index in [1.807, 2.05) is 60.7 Å². The van der Waals surface area contributed by atoms with E-state index in [1.165, 1.54) is 24.6 Å². The zero-order valence-electron chi connectivity index (χ0n) is 22.3. The first-order chi connectivity index (χ1) is 19.3. The van der Waals surface area contributed by atoms with E-state index in [1.54, 1.807) is 36.4 Å². The van der Waals surface area contributed by atoms with Gasteiger partial charge in [0, 0.05) is 55.9 Å². The van der Waals surface area contributed by atoms with Gasteiger partial charge in [0.15, 0.2) is 12.1 Å². The minimum Gasteiger partial charge on any atom is -0.507 e. The van der Waals surface area contributed by atoms with Crippen molar-refractivity contribution in [3.63, 3.8) is 0 Å². The topological polar surface area (TPSA) is 140 Å². The normalized spacial score (nSPS) is 12.1. The number of benzene rings is 4. The third-order valence-corrected chi connectivity index (χ3v) is 5.77. The molecule has 9 heteroatoms. The zero-order chi connectivity index (χ0) is 28.7. The minimum absolute atomic E-state index is 0. The van der Waals surface area contributed by atoms with Gasteiger partial charge in [-0.05, 0) is 35.4 Å². The molecule has 41 heavy (non-hydrogen) atoms. The van der Waals surface area contributed by atoms with Gasteiger partial charge in [-0.3, -0.25) is 9.98 Å². The molecule has 206 valence electrons. The molecule has 0 fully saturated rings. The molecule has 0 aromatic heterocycles. The Bertz CT molecular complexity index is 1330. The summed E-state index contributed by atoms with van der Waals surface area (Å²) in [5.41, 5.74) is 2.84. The molecule has 2 atom stereocenters. The number of para-hydroxylation sites is 2. The Kier molecular flexibility index (Phi) is 13.6. The number of carboxylic acid groups (broad SMARTS) is 2. The van der Waals surface area contributed by atoms with Gasteiger partial charge in [0.1, 0.15) is 11.5 Å².